The second kappa shape index (κ2) is 9.25. The van der Waals surface area contributed by atoms with Crippen LogP contribution in [-0.2, 0) is 0 Å². The van der Waals surface area contributed by atoms with Crippen LogP contribution < -0.4 is 10.6 Å². The van der Waals surface area contributed by atoms with Gasteiger partial charge in [-0.1, -0.05) is 41.8 Å². The zero-order valence-electron chi connectivity index (χ0n) is 20.3. The van der Waals surface area contributed by atoms with E-state index < -0.39 is 30.8 Å². The number of aliphatic hydroxyl groups is 1. The van der Waals surface area contributed by atoms with Gasteiger partial charge in [0.25, 0.3) is 5.91 Å². The van der Waals surface area contributed by atoms with Crippen LogP contribution in [0.4, 0.5) is 19.0 Å². The topological polar surface area (TPSA) is 95.6 Å². The number of likely N-dealkylation sites (tertiary alicyclic amines) is 1. The third-order valence-electron chi connectivity index (χ3n) is 8.22. The van der Waals surface area contributed by atoms with Crippen molar-refractivity contribution in [1.82, 2.24) is 14.9 Å². The monoisotopic (exact) mass is 557 g/mol. The van der Waals surface area contributed by atoms with E-state index in [1.165, 1.54) is 0 Å². The molecule has 37 heavy (non-hydrogen) atoms. The fourth-order valence-corrected chi connectivity index (χ4v) is 6.21. The Hall–Kier alpha value is -2.14. The highest BCUT2D eigenvalue weighted by atomic mass is 35.5. The van der Waals surface area contributed by atoms with E-state index in [2.05, 4.69) is 4.98 Å². The van der Waals surface area contributed by atoms with Crippen LogP contribution in [0.1, 0.15) is 48.3 Å². The number of aromatic nitrogens is 2. The van der Waals surface area contributed by atoms with Crippen molar-refractivity contribution in [3.63, 3.8) is 0 Å². The van der Waals surface area contributed by atoms with Gasteiger partial charge in [0, 0.05) is 24.7 Å². The molecule has 0 radical (unpaired) electrons. The number of piperidine rings is 1. The maximum Gasteiger partial charge on any atom is 0.420 e. The van der Waals surface area contributed by atoms with Gasteiger partial charge in [0.2, 0.25) is 0 Å². The molecule has 1 atom stereocenters. The lowest BCUT2D eigenvalue weighted by Gasteiger charge is -2.47. The summed E-state index contributed by atoms with van der Waals surface area (Å²) in [6.45, 7) is 1.21. The molecular weight excluding hydrogens is 530 g/mol. The normalized spacial score (nSPS) is 22.9. The molecule has 0 bridgehead atoms. The van der Waals surface area contributed by atoms with Crippen LogP contribution in [0, 0.1) is 12.3 Å². The van der Waals surface area contributed by atoms with Gasteiger partial charge in [0.1, 0.15) is 0 Å². The number of nitrogens with zero attached hydrogens (tertiary/aromatic N) is 4. The van der Waals surface area contributed by atoms with Gasteiger partial charge in [-0.05, 0) is 44.1 Å². The Labute approximate surface area is 222 Å². The number of amides is 1. The minimum atomic E-state index is -4.84. The Kier molecular flexibility index (Phi) is 6.62. The molecule has 1 amide bonds. The van der Waals surface area contributed by atoms with Crippen LogP contribution in [0.2, 0.25) is 10.0 Å². The van der Waals surface area contributed by atoms with Gasteiger partial charge < -0.3 is 20.6 Å². The largest absolute Gasteiger partial charge is 0.420 e. The Bertz CT molecular complexity index is 1230. The second-order valence-corrected chi connectivity index (χ2v) is 11.3. The molecule has 2 aromatic rings. The summed E-state index contributed by atoms with van der Waals surface area (Å²) in [4.78, 5) is 25.7. The molecule has 2 saturated heterocycles. The van der Waals surface area contributed by atoms with Crippen molar-refractivity contribution in [2.24, 2.45) is 11.1 Å². The van der Waals surface area contributed by atoms with Crippen LogP contribution in [0.3, 0.4) is 0 Å². The molecule has 3 heterocycles. The van der Waals surface area contributed by atoms with Crippen molar-refractivity contribution >= 4 is 34.9 Å². The predicted molar refractivity (Wildman–Crippen MR) is 135 cm³/mol. The number of hydrogen-bond acceptors (Lipinski definition) is 6. The standard InChI is InChI=1S/C25H28Cl2F3N5O2/c1-14-19(15-4-2-5-16(26)18(15)27)33-20(22(36)35-12-24(37,13-35)25(28,29)30)21(32-14)34-10-8-23(9-11-34)7-3-6-17(23)31/h2,4-5,17,37H,3,6-13,31H2,1H3. The summed E-state index contributed by atoms with van der Waals surface area (Å²) in [6.07, 6.45) is -0.0184. The number of nitrogens with two attached hydrogens (primary N) is 1. The lowest BCUT2D eigenvalue weighted by molar-refractivity contribution is -0.294. The Morgan fingerprint density at radius 2 is 1.84 bits per heavy atom. The van der Waals surface area contributed by atoms with Crippen LogP contribution in [0.25, 0.3) is 11.3 Å². The first-order valence-electron chi connectivity index (χ1n) is 12.3. The molecule has 3 N–H and O–H groups in total. The molecule has 7 nitrogen and oxygen atoms in total. The average Bonchev–Trinajstić information content (AvgIpc) is 3.17. The van der Waals surface area contributed by atoms with Crippen molar-refractivity contribution in [3.8, 4) is 11.3 Å². The highest BCUT2D eigenvalue weighted by Crippen LogP contribution is 2.46. The Morgan fingerprint density at radius 3 is 2.43 bits per heavy atom. The number of anilines is 1. The summed E-state index contributed by atoms with van der Waals surface area (Å²) < 4.78 is 39.7. The molecule has 1 saturated carbocycles. The van der Waals surface area contributed by atoms with Crippen molar-refractivity contribution in [2.75, 3.05) is 31.1 Å². The van der Waals surface area contributed by atoms with Crippen LogP contribution in [0.5, 0.6) is 0 Å². The summed E-state index contributed by atoms with van der Waals surface area (Å²) >= 11 is 12.6. The first-order valence-corrected chi connectivity index (χ1v) is 13.0. The Balaban J connectivity index is 1.51. The van der Waals surface area contributed by atoms with E-state index in [-0.39, 0.29) is 22.2 Å². The number of halogens is 5. The SMILES string of the molecule is Cc1nc(N2CCC3(CCCC3N)CC2)c(C(=O)N2CC(O)(C(F)(F)F)C2)nc1-c1cccc(Cl)c1Cl. The van der Waals surface area contributed by atoms with Crippen LogP contribution in [0.15, 0.2) is 18.2 Å². The summed E-state index contributed by atoms with van der Waals surface area (Å²) in [5.41, 5.74) is 4.76. The summed E-state index contributed by atoms with van der Waals surface area (Å²) in [7, 11) is 0. The van der Waals surface area contributed by atoms with Gasteiger partial charge in [-0.3, -0.25) is 4.79 Å². The molecule has 3 aliphatic rings. The maximum absolute atomic E-state index is 13.5. The van der Waals surface area contributed by atoms with Gasteiger partial charge in [0.15, 0.2) is 17.1 Å². The number of rotatable bonds is 3. The van der Waals surface area contributed by atoms with Gasteiger partial charge in [-0.2, -0.15) is 13.2 Å². The molecule has 1 spiro atoms. The lowest BCUT2D eigenvalue weighted by Crippen LogP contribution is -2.70. The molecule has 2 aliphatic heterocycles. The molecule has 200 valence electrons. The zero-order chi connectivity index (χ0) is 26.8. The number of benzene rings is 1. The highest BCUT2D eigenvalue weighted by Gasteiger charge is 2.62. The van der Waals surface area contributed by atoms with E-state index in [1.54, 1.807) is 25.1 Å². The first-order chi connectivity index (χ1) is 17.4. The average molecular weight is 558 g/mol. The summed E-state index contributed by atoms with van der Waals surface area (Å²) in [5, 5.41) is 10.4. The van der Waals surface area contributed by atoms with Crippen molar-refractivity contribution in [1.29, 1.82) is 0 Å². The van der Waals surface area contributed by atoms with Gasteiger partial charge in [-0.15, -0.1) is 0 Å². The van der Waals surface area contributed by atoms with Gasteiger partial charge in [-0.25, -0.2) is 9.97 Å². The van der Waals surface area contributed by atoms with Crippen LogP contribution >= 0.6 is 23.2 Å². The molecular formula is C25H28Cl2F3N5O2. The minimum absolute atomic E-state index is 0.0675. The Morgan fingerprint density at radius 1 is 1.16 bits per heavy atom. The van der Waals surface area contributed by atoms with E-state index in [0.29, 0.717) is 40.9 Å². The molecule has 1 unspecified atom stereocenters. The van der Waals surface area contributed by atoms with E-state index >= 15 is 0 Å². The first kappa shape index (κ1) is 26.5. The van der Waals surface area contributed by atoms with Gasteiger partial charge in [0.05, 0.1) is 34.5 Å². The number of carbonyl (C=O) groups is 1. The smallest absolute Gasteiger partial charge is 0.378 e. The van der Waals surface area contributed by atoms with Crippen molar-refractivity contribution in [2.45, 2.75) is 56.8 Å². The highest BCUT2D eigenvalue weighted by molar-refractivity contribution is 6.43. The fraction of sp³-hybridized carbons (Fsp3) is 0.560. The van der Waals surface area contributed by atoms with E-state index in [0.717, 1.165) is 37.0 Å². The number of aryl methyl sites for hydroxylation is 1. The quantitative estimate of drug-likeness (QED) is 0.572. The molecule has 3 fully saturated rings. The number of carbonyl (C=O) groups excluding carboxylic acids is 1. The molecule has 5 rings (SSSR count). The lowest BCUT2D eigenvalue weighted by atomic mass is 9.74. The maximum atomic E-state index is 13.5. The molecule has 1 aliphatic carbocycles. The molecule has 1 aromatic carbocycles. The van der Waals surface area contributed by atoms with Crippen LogP contribution in [-0.4, -0.2) is 69.9 Å². The fourth-order valence-electron chi connectivity index (χ4n) is 5.82. The number of alkyl halides is 3. The minimum Gasteiger partial charge on any atom is -0.378 e. The summed E-state index contributed by atoms with van der Waals surface area (Å²) in [5.74, 6) is -0.415. The van der Waals surface area contributed by atoms with E-state index in [1.807, 2.05) is 4.90 Å². The second-order valence-electron chi connectivity index (χ2n) is 10.5. The third-order valence-corrected chi connectivity index (χ3v) is 9.03. The third kappa shape index (κ3) is 4.45. The van der Waals surface area contributed by atoms with Crippen molar-refractivity contribution in [3.05, 3.63) is 39.6 Å². The number of β-amino-alcohol motifs (C(OH)–C–C–N with tert-alkyl or cyclic N) is 1. The predicted octanol–water partition coefficient (Wildman–Crippen LogP) is 4.61. The molecule has 12 heteroatoms. The zero-order valence-corrected chi connectivity index (χ0v) is 21.8. The van der Waals surface area contributed by atoms with Crippen molar-refractivity contribution < 1.29 is 23.1 Å². The van der Waals surface area contributed by atoms with E-state index in [4.69, 9.17) is 33.9 Å². The van der Waals surface area contributed by atoms with E-state index in [9.17, 15) is 23.1 Å². The summed E-state index contributed by atoms with van der Waals surface area (Å²) in [6, 6.07) is 5.13. The number of hydrogen-bond donors (Lipinski definition) is 2. The molecule has 1 aromatic heterocycles. The van der Waals surface area contributed by atoms with Gasteiger partial charge >= 0.3 is 6.18 Å².